The lowest BCUT2D eigenvalue weighted by molar-refractivity contribution is -0.204. The van der Waals surface area contributed by atoms with Gasteiger partial charge in [0, 0.05) is 42.9 Å². The molecule has 2 atom stereocenters. The number of anilines is 1. The molecule has 0 spiro atoms. The van der Waals surface area contributed by atoms with Crippen LogP contribution in [0.5, 0.6) is 11.5 Å². The van der Waals surface area contributed by atoms with Crippen molar-refractivity contribution >= 4 is 35.2 Å². The first-order valence-electron chi connectivity index (χ1n) is 16.2. The second-order valence-electron chi connectivity index (χ2n) is 13.2. The van der Waals surface area contributed by atoms with Gasteiger partial charge in [0.1, 0.15) is 17.3 Å². The number of nitrogens with zero attached hydrogens (tertiary/aromatic N) is 2. The van der Waals surface area contributed by atoms with Gasteiger partial charge in [0.25, 0.3) is 5.91 Å². The second-order valence-corrected chi connectivity index (χ2v) is 13.2. The van der Waals surface area contributed by atoms with Crippen LogP contribution in [0.15, 0.2) is 24.3 Å². The van der Waals surface area contributed by atoms with E-state index in [1.807, 2.05) is 32.6 Å². The molecule has 11 nitrogen and oxygen atoms in total. The molecule has 0 saturated carbocycles. The first-order valence-corrected chi connectivity index (χ1v) is 16.2. The van der Waals surface area contributed by atoms with Crippen molar-refractivity contribution in [2.24, 2.45) is 0 Å². The van der Waals surface area contributed by atoms with E-state index in [2.05, 4.69) is 10.1 Å². The van der Waals surface area contributed by atoms with Crippen molar-refractivity contribution in [3.63, 3.8) is 0 Å². The number of esters is 2. The highest BCUT2D eigenvalue weighted by Crippen LogP contribution is 2.44. The van der Waals surface area contributed by atoms with Crippen molar-refractivity contribution in [2.75, 3.05) is 31.6 Å². The number of Topliss-reactive ketones (excluding diaryl/α,β-unsaturated/α-hetero) is 1. The summed E-state index contributed by atoms with van der Waals surface area (Å²) in [6, 6.07) is 6.63. The smallest absolute Gasteiger partial charge is 0.491 e. The van der Waals surface area contributed by atoms with Gasteiger partial charge in [0.05, 0.1) is 24.4 Å². The normalized spacial score (nSPS) is 16.7. The van der Waals surface area contributed by atoms with Gasteiger partial charge in [-0.15, -0.1) is 0 Å². The second kappa shape index (κ2) is 14.5. The number of fused-ring (bicyclic) bond motifs is 1. The Morgan fingerprint density at radius 2 is 1.78 bits per heavy atom. The number of amidine groups is 1. The Morgan fingerprint density at radius 3 is 2.33 bits per heavy atom. The number of nitrogens with one attached hydrogen (secondary N) is 2. The van der Waals surface area contributed by atoms with Gasteiger partial charge >= 0.3 is 18.1 Å². The quantitative estimate of drug-likeness (QED) is 0.177. The predicted octanol–water partition coefficient (Wildman–Crippen LogP) is 5.54. The van der Waals surface area contributed by atoms with E-state index in [1.165, 1.54) is 14.0 Å². The summed E-state index contributed by atoms with van der Waals surface area (Å²) in [6.07, 6.45) is -5.29. The fourth-order valence-corrected chi connectivity index (χ4v) is 6.03. The average Bonchev–Trinajstić information content (AvgIpc) is 3.59. The van der Waals surface area contributed by atoms with Crippen molar-refractivity contribution in [2.45, 2.75) is 91.1 Å². The number of amides is 1. The molecule has 2 unspecified atom stereocenters. The number of ether oxygens (including phenoxy) is 3. The molecule has 2 heterocycles. The minimum atomic E-state index is -5.35. The van der Waals surface area contributed by atoms with E-state index >= 15 is 0 Å². The van der Waals surface area contributed by atoms with Crippen LogP contribution in [0.4, 0.5) is 18.9 Å². The van der Waals surface area contributed by atoms with Crippen LogP contribution in [0.3, 0.4) is 0 Å². The molecule has 49 heavy (non-hydrogen) atoms. The molecule has 2 aliphatic heterocycles. The molecule has 266 valence electrons. The van der Waals surface area contributed by atoms with Crippen LogP contribution < -0.4 is 19.7 Å². The Balaban J connectivity index is 1.72. The maximum Gasteiger partial charge on any atom is 0.491 e. The van der Waals surface area contributed by atoms with Gasteiger partial charge in [-0.2, -0.15) is 13.2 Å². The Morgan fingerprint density at radius 1 is 1.08 bits per heavy atom. The zero-order chi connectivity index (χ0) is 36.4. The summed E-state index contributed by atoms with van der Waals surface area (Å²) in [5.41, 5.74) is 2.20. The third-order valence-corrected chi connectivity index (χ3v) is 8.62. The number of alkyl halides is 3. The number of carbonyl (C=O) groups is 4. The average molecular weight is 689 g/mol. The van der Waals surface area contributed by atoms with Gasteiger partial charge in [-0.1, -0.05) is 27.7 Å². The largest absolute Gasteiger partial charge is 0.493 e. The Hall–Kier alpha value is -4.62. The third-order valence-electron chi connectivity index (χ3n) is 8.62. The lowest BCUT2D eigenvalue weighted by Gasteiger charge is -2.33. The number of rotatable bonds is 11. The predicted molar refractivity (Wildman–Crippen MR) is 176 cm³/mol. The van der Waals surface area contributed by atoms with Gasteiger partial charge in [0.2, 0.25) is 0 Å². The molecule has 4 rings (SSSR count). The van der Waals surface area contributed by atoms with E-state index < -0.39 is 29.6 Å². The van der Waals surface area contributed by atoms with Gasteiger partial charge in [0.15, 0.2) is 11.9 Å². The van der Waals surface area contributed by atoms with Crippen LogP contribution in [0.25, 0.3) is 0 Å². The number of benzene rings is 2. The highest BCUT2D eigenvalue weighted by Gasteiger charge is 2.44. The maximum atomic E-state index is 14.0. The fourth-order valence-electron chi connectivity index (χ4n) is 6.03. The monoisotopic (exact) mass is 688 g/mol. The van der Waals surface area contributed by atoms with E-state index in [9.17, 15) is 32.3 Å². The van der Waals surface area contributed by atoms with E-state index in [1.54, 1.807) is 36.1 Å². The van der Waals surface area contributed by atoms with E-state index in [0.29, 0.717) is 41.3 Å². The molecule has 14 heteroatoms. The molecule has 2 N–H and O–H groups in total. The SMILES string of the molecule is CCOc1cc2c(cc1C(=O)NC)C(=N)N(CC(=O)c1cc(N3CCCC3C)c(OC(CC)C(=O)OC(=O)C(F)(F)F)c(C(C)(C)C)c1)C2. The first-order chi connectivity index (χ1) is 22.9. The lowest BCUT2D eigenvalue weighted by atomic mass is 9.84. The topological polar surface area (TPSA) is 138 Å². The third kappa shape index (κ3) is 8.00. The molecule has 1 fully saturated rings. The van der Waals surface area contributed by atoms with Crippen LogP contribution in [0, 0.1) is 5.41 Å². The number of hydrogen-bond donors (Lipinski definition) is 2. The Bertz CT molecular complexity index is 1650. The van der Waals surface area contributed by atoms with Gasteiger partial charge in [-0.25, -0.2) is 9.59 Å². The van der Waals surface area contributed by atoms with E-state index in [0.717, 1.165) is 18.4 Å². The first kappa shape index (κ1) is 37.2. The lowest BCUT2D eigenvalue weighted by Crippen LogP contribution is -2.37. The van der Waals surface area contributed by atoms with Crippen molar-refractivity contribution in [1.82, 2.24) is 10.2 Å². The van der Waals surface area contributed by atoms with Crippen molar-refractivity contribution in [3.8, 4) is 11.5 Å². The molecule has 0 aliphatic carbocycles. The summed E-state index contributed by atoms with van der Waals surface area (Å²) in [4.78, 5) is 54.4. The fraction of sp³-hybridized carbons (Fsp3) is 0.514. The van der Waals surface area contributed by atoms with Gasteiger partial charge in [-0.3, -0.25) is 15.0 Å². The highest BCUT2D eigenvalue weighted by molar-refractivity contribution is 6.08. The summed E-state index contributed by atoms with van der Waals surface area (Å²) in [7, 11) is 1.50. The summed E-state index contributed by atoms with van der Waals surface area (Å²) in [6.45, 7) is 12.0. The summed E-state index contributed by atoms with van der Waals surface area (Å²) in [5, 5.41) is 11.4. The summed E-state index contributed by atoms with van der Waals surface area (Å²) < 4.78 is 54.6. The van der Waals surface area contributed by atoms with E-state index in [-0.39, 0.29) is 54.4 Å². The number of halogens is 3. The standard InChI is InChI=1S/C35H43F3N4O7/c1-8-27(32(45)49-33(46)35(36,37)38)48-29-24(34(4,5)6)13-20(14-25(29)42-12-10-11-19(42)3)26(43)18-41-17-21-15-28(47-9-2)23(31(44)40-7)16-22(21)30(41)39/h13-16,19,27,39H,8-12,17-18H2,1-7H3,(H,40,44). The van der Waals surface area contributed by atoms with Crippen LogP contribution >= 0.6 is 0 Å². The zero-order valence-electron chi connectivity index (χ0n) is 28.8. The van der Waals surface area contributed by atoms with Crippen molar-refractivity contribution in [1.29, 1.82) is 5.41 Å². The number of ketones is 1. The zero-order valence-corrected chi connectivity index (χ0v) is 28.8. The molecule has 1 amide bonds. The Labute approximate surface area is 283 Å². The molecular formula is C35H43F3N4O7. The van der Waals surface area contributed by atoms with Crippen molar-refractivity contribution < 1.29 is 46.6 Å². The molecule has 0 bridgehead atoms. The molecule has 0 aromatic heterocycles. The number of hydrogen-bond acceptors (Lipinski definition) is 9. The molecule has 0 radical (unpaired) electrons. The molecule has 2 aliphatic rings. The van der Waals surface area contributed by atoms with E-state index in [4.69, 9.17) is 14.9 Å². The number of carbonyl (C=O) groups excluding carboxylic acids is 4. The molecular weight excluding hydrogens is 645 g/mol. The summed E-state index contributed by atoms with van der Waals surface area (Å²) >= 11 is 0. The maximum absolute atomic E-state index is 14.0. The van der Waals surface area contributed by atoms with Crippen LogP contribution in [-0.4, -0.2) is 79.4 Å². The van der Waals surface area contributed by atoms with Crippen LogP contribution in [0.2, 0.25) is 0 Å². The molecule has 2 aromatic carbocycles. The highest BCUT2D eigenvalue weighted by atomic mass is 19.4. The minimum absolute atomic E-state index is 0.0228. The Kier molecular flexibility index (Phi) is 11.0. The molecule has 2 aromatic rings. The van der Waals surface area contributed by atoms with Crippen molar-refractivity contribution in [3.05, 3.63) is 52.1 Å². The minimum Gasteiger partial charge on any atom is -0.493 e. The molecule has 1 saturated heterocycles. The van der Waals surface area contributed by atoms with Gasteiger partial charge < -0.3 is 29.3 Å². The van der Waals surface area contributed by atoms with Crippen LogP contribution in [-0.2, 0) is 26.3 Å². The summed E-state index contributed by atoms with van der Waals surface area (Å²) in [5.74, 6) is -4.08. The van der Waals surface area contributed by atoms with Crippen LogP contribution in [0.1, 0.15) is 98.2 Å². The van der Waals surface area contributed by atoms with Gasteiger partial charge in [-0.05, 0) is 68.4 Å².